The van der Waals surface area contributed by atoms with Gasteiger partial charge in [-0.3, -0.25) is 0 Å². The molecular weight excluding hydrogens is 252 g/mol. The Bertz CT molecular complexity index is 400. The number of rotatable bonds is 4. The Morgan fingerprint density at radius 2 is 1.75 bits per heavy atom. The smallest absolute Gasteiger partial charge is 0.320 e. The van der Waals surface area contributed by atoms with E-state index in [2.05, 4.69) is 0 Å². The zero-order chi connectivity index (χ0) is 14.2. The number of aliphatic hydroxyl groups is 1. The van der Waals surface area contributed by atoms with Crippen molar-refractivity contribution in [2.75, 3.05) is 26.2 Å². The molecule has 1 aromatic rings. The Hall–Kier alpha value is -1.55. The summed E-state index contributed by atoms with van der Waals surface area (Å²) < 4.78 is 0. The summed E-state index contributed by atoms with van der Waals surface area (Å²) in [4.78, 5) is 16.3. The first-order valence-electron chi connectivity index (χ1n) is 7.50. The largest absolute Gasteiger partial charge is 0.395 e. The van der Waals surface area contributed by atoms with Crippen LogP contribution in [0.25, 0.3) is 0 Å². The Morgan fingerprint density at radius 1 is 1.10 bits per heavy atom. The highest BCUT2D eigenvalue weighted by atomic mass is 16.3. The van der Waals surface area contributed by atoms with Gasteiger partial charge in [0, 0.05) is 26.2 Å². The maximum atomic E-state index is 12.6. The fraction of sp³-hybridized carbons (Fsp3) is 0.562. The second-order valence-electron chi connectivity index (χ2n) is 5.31. The molecule has 0 atom stereocenters. The maximum Gasteiger partial charge on any atom is 0.320 e. The number of carbonyl (C=O) groups is 1. The molecule has 0 saturated carbocycles. The lowest BCUT2D eigenvalue weighted by molar-refractivity contribution is 0.138. The summed E-state index contributed by atoms with van der Waals surface area (Å²) in [6.45, 7) is 2.65. The van der Waals surface area contributed by atoms with Gasteiger partial charge in [-0.05, 0) is 18.4 Å². The van der Waals surface area contributed by atoms with E-state index in [-0.39, 0.29) is 12.6 Å². The average Bonchev–Trinajstić information content (AvgIpc) is 2.76. The summed E-state index contributed by atoms with van der Waals surface area (Å²) in [5, 5.41) is 9.21. The number of nitrogens with zero attached hydrogens (tertiary/aromatic N) is 2. The van der Waals surface area contributed by atoms with Crippen molar-refractivity contribution in [2.24, 2.45) is 0 Å². The minimum atomic E-state index is 0.00636. The highest BCUT2D eigenvalue weighted by molar-refractivity contribution is 5.74. The molecule has 1 fully saturated rings. The molecule has 0 spiro atoms. The summed E-state index contributed by atoms with van der Waals surface area (Å²) in [5.41, 5.74) is 1.10. The Balaban J connectivity index is 2.01. The second kappa shape index (κ2) is 7.90. The van der Waals surface area contributed by atoms with Crippen LogP contribution in [0.1, 0.15) is 31.2 Å². The molecule has 0 bridgehead atoms. The van der Waals surface area contributed by atoms with E-state index in [0.29, 0.717) is 13.1 Å². The van der Waals surface area contributed by atoms with Crippen LogP contribution in [-0.2, 0) is 6.54 Å². The van der Waals surface area contributed by atoms with Crippen LogP contribution in [0.5, 0.6) is 0 Å². The minimum absolute atomic E-state index is 0.00636. The van der Waals surface area contributed by atoms with E-state index < -0.39 is 0 Å². The third-order valence-electron chi connectivity index (χ3n) is 3.73. The molecule has 1 heterocycles. The summed E-state index contributed by atoms with van der Waals surface area (Å²) in [7, 11) is 0. The van der Waals surface area contributed by atoms with Crippen molar-refractivity contribution in [1.29, 1.82) is 0 Å². The second-order valence-corrected chi connectivity index (χ2v) is 5.31. The van der Waals surface area contributed by atoms with Crippen molar-refractivity contribution in [1.82, 2.24) is 9.80 Å². The standard InChI is InChI=1S/C16H24N2O2/c19-13-12-18(14-15-8-4-3-5-9-15)16(20)17-10-6-1-2-7-11-17/h3-5,8-9,19H,1-2,6-7,10-14H2. The third-order valence-corrected chi connectivity index (χ3v) is 3.73. The monoisotopic (exact) mass is 276 g/mol. The van der Waals surface area contributed by atoms with Crippen LogP contribution >= 0.6 is 0 Å². The van der Waals surface area contributed by atoms with E-state index in [1.807, 2.05) is 35.2 Å². The van der Waals surface area contributed by atoms with E-state index in [9.17, 15) is 9.90 Å². The third kappa shape index (κ3) is 4.23. The lowest BCUT2D eigenvalue weighted by Gasteiger charge is -2.29. The molecular formula is C16H24N2O2. The Morgan fingerprint density at radius 3 is 2.35 bits per heavy atom. The number of benzene rings is 1. The predicted molar refractivity (Wildman–Crippen MR) is 79.4 cm³/mol. The van der Waals surface area contributed by atoms with Gasteiger partial charge in [-0.2, -0.15) is 0 Å². The van der Waals surface area contributed by atoms with E-state index >= 15 is 0 Å². The summed E-state index contributed by atoms with van der Waals surface area (Å²) in [6, 6.07) is 10.0. The molecule has 1 aliphatic heterocycles. The number of aliphatic hydroxyl groups excluding tert-OH is 1. The number of hydrogen-bond acceptors (Lipinski definition) is 2. The van der Waals surface area contributed by atoms with E-state index in [0.717, 1.165) is 31.5 Å². The number of hydrogen-bond donors (Lipinski definition) is 1. The molecule has 1 aromatic carbocycles. The normalized spacial score (nSPS) is 15.8. The van der Waals surface area contributed by atoms with Crippen molar-refractivity contribution in [3.63, 3.8) is 0 Å². The van der Waals surface area contributed by atoms with Gasteiger partial charge in [-0.25, -0.2) is 4.79 Å². The molecule has 4 nitrogen and oxygen atoms in total. The topological polar surface area (TPSA) is 43.8 Å². The van der Waals surface area contributed by atoms with Crippen LogP contribution in [-0.4, -0.2) is 47.2 Å². The van der Waals surface area contributed by atoms with Crippen LogP contribution in [0.4, 0.5) is 4.79 Å². The maximum absolute atomic E-state index is 12.6. The van der Waals surface area contributed by atoms with Gasteiger partial charge in [0.1, 0.15) is 0 Å². The van der Waals surface area contributed by atoms with Crippen molar-refractivity contribution < 1.29 is 9.90 Å². The fourth-order valence-electron chi connectivity index (χ4n) is 2.63. The fourth-order valence-corrected chi connectivity index (χ4v) is 2.63. The number of carbonyl (C=O) groups excluding carboxylic acids is 1. The molecule has 0 radical (unpaired) electrons. The van der Waals surface area contributed by atoms with Gasteiger partial charge in [0.15, 0.2) is 0 Å². The quantitative estimate of drug-likeness (QED) is 0.918. The number of urea groups is 1. The van der Waals surface area contributed by atoms with Crippen molar-refractivity contribution in [3.8, 4) is 0 Å². The van der Waals surface area contributed by atoms with Crippen LogP contribution in [0.15, 0.2) is 30.3 Å². The summed E-state index contributed by atoms with van der Waals surface area (Å²) >= 11 is 0. The first kappa shape index (κ1) is 14.9. The lowest BCUT2D eigenvalue weighted by atomic mass is 10.2. The van der Waals surface area contributed by atoms with Gasteiger partial charge in [0.2, 0.25) is 0 Å². The summed E-state index contributed by atoms with van der Waals surface area (Å²) in [6.07, 6.45) is 4.60. The van der Waals surface area contributed by atoms with Crippen LogP contribution < -0.4 is 0 Å². The molecule has 4 heteroatoms. The van der Waals surface area contributed by atoms with Crippen LogP contribution in [0.3, 0.4) is 0 Å². The van der Waals surface area contributed by atoms with E-state index in [1.54, 1.807) is 4.90 Å². The van der Waals surface area contributed by atoms with Gasteiger partial charge < -0.3 is 14.9 Å². The molecule has 20 heavy (non-hydrogen) atoms. The van der Waals surface area contributed by atoms with E-state index in [1.165, 1.54) is 12.8 Å². The number of likely N-dealkylation sites (tertiary alicyclic amines) is 1. The van der Waals surface area contributed by atoms with Crippen LogP contribution in [0, 0.1) is 0 Å². The molecule has 110 valence electrons. The molecule has 2 rings (SSSR count). The van der Waals surface area contributed by atoms with Crippen LogP contribution in [0.2, 0.25) is 0 Å². The Kier molecular flexibility index (Phi) is 5.87. The molecule has 1 aliphatic rings. The van der Waals surface area contributed by atoms with Crippen molar-refractivity contribution in [2.45, 2.75) is 32.2 Å². The molecule has 1 saturated heterocycles. The molecule has 1 N–H and O–H groups in total. The molecule has 2 amide bonds. The summed E-state index contributed by atoms with van der Waals surface area (Å²) in [5.74, 6) is 0. The lowest BCUT2D eigenvalue weighted by Crippen LogP contribution is -2.44. The predicted octanol–water partition coefficient (Wildman–Crippen LogP) is 2.48. The van der Waals surface area contributed by atoms with Crippen molar-refractivity contribution >= 4 is 6.03 Å². The average molecular weight is 276 g/mol. The SMILES string of the molecule is O=C(N1CCCCCC1)N(CCO)Cc1ccccc1. The van der Waals surface area contributed by atoms with Crippen molar-refractivity contribution in [3.05, 3.63) is 35.9 Å². The molecule has 0 unspecified atom stereocenters. The minimum Gasteiger partial charge on any atom is -0.395 e. The van der Waals surface area contributed by atoms with Gasteiger partial charge in [0.05, 0.1) is 6.61 Å². The zero-order valence-corrected chi connectivity index (χ0v) is 12.0. The Labute approximate surface area is 121 Å². The van der Waals surface area contributed by atoms with E-state index in [4.69, 9.17) is 0 Å². The molecule has 0 aromatic heterocycles. The van der Waals surface area contributed by atoms with Gasteiger partial charge in [-0.15, -0.1) is 0 Å². The van der Waals surface area contributed by atoms with Gasteiger partial charge in [-0.1, -0.05) is 43.2 Å². The number of amides is 2. The zero-order valence-electron chi connectivity index (χ0n) is 12.0. The van der Waals surface area contributed by atoms with Gasteiger partial charge in [0.25, 0.3) is 0 Å². The highest BCUT2D eigenvalue weighted by Gasteiger charge is 2.21. The highest BCUT2D eigenvalue weighted by Crippen LogP contribution is 2.13. The first-order valence-corrected chi connectivity index (χ1v) is 7.50. The molecule has 0 aliphatic carbocycles. The van der Waals surface area contributed by atoms with Gasteiger partial charge >= 0.3 is 6.03 Å². The first-order chi connectivity index (χ1) is 9.81.